The molecule has 0 spiro atoms. The number of benzene rings is 1. The number of halogens is 3. The third-order valence-corrected chi connectivity index (χ3v) is 2.10. The third kappa shape index (κ3) is 3.19. The Balaban J connectivity index is 0. The van der Waals surface area contributed by atoms with Gasteiger partial charge in [-0.25, -0.2) is 0 Å². The summed E-state index contributed by atoms with van der Waals surface area (Å²) in [5.41, 5.74) is 12.8. The van der Waals surface area contributed by atoms with Gasteiger partial charge in [0, 0.05) is 22.3 Å². The van der Waals surface area contributed by atoms with Gasteiger partial charge in [-0.1, -0.05) is 22.0 Å². The highest BCUT2D eigenvalue weighted by atomic mass is 79.9. The Kier molecular flexibility index (Phi) is 7.94. The summed E-state index contributed by atoms with van der Waals surface area (Å²) in [5.74, 6) is 0. The van der Waals surface area contributed by atoms with Gasteiger partial charge >= 0.3 is 0 Å². The number of hydrogen-bond acceptors (Lipinski definition) is 2. The van der Waals surface area contributed by atoms with E-state index < -0.39 is 0 Å². The first kappa shape index (κ1) is 14.6. The van der Waals surface area contributed by atoms with Crippen molar-refractivity contribution in [3.8, 4) is 0 Å². The summed E-state index contributed by atoms with van der Waals surface area (Å²) < 4.78 is 0.981. The molecule has 0 atom stereocenters. The summed E-state index contributed by atoms with van der Waals surface area (Å²) in [6.45, 7) is 0.479. The Bertz CT molecular complexity index is 223. The quantitative estimate of drug-likeness (QED) is 0.772. The lowest BCUT2D eigenvalue weighted by Gasteiger charge is -2.03. The van der Waals surface area contributed by atoms with Crippen molar-refractivity contribution < 1.29 is 0 Å². The Morgan fingerprint density at radius 1 is 1.25 bits per heavy atom. The maximum Gasteiger partial charge on any atom is 0.0370 e. The van der Waals surface area contributed by atoms with Gasteiger partial charge in [0.1, 0.15) is 0 Å². The van der Waals surface area contributed by atoms with Gasteiger partial charge < -0.3 is 11.5 Å². The molecule has 5 heteroatoms. The first-order valence-electron chi connectivity index (χ1n) is 2.98. The van der Waals surface area contributed by atoms with Crippen molar-refractivity contribution in [1.29, 1.82) is 0 Å². The molecule has 0 fully saturated rings. The van der Waals surface area contributed by atoms with E-state index in [0.717, 1.165) is 15.7 Å². The predicted octanol–water partition coefficient (Wildman–Crippen LogP) is 2.33. The van der Waals surface area contributed by atoms with Crippen LogP contribution in [0.2, 0.25) is 0 Å². The number of hydrogen-bond donors (Lipinski definition) is 2. The van der Waals surface area contributed by atoms with Crippen LogP contribution in [-0.4, -0.2) is 0 Å². The minimum atomic E-state index is 0. The zero-order valence-corrected chi connectivity index (χ0v) is 9.51. The number of rotatable bonds is 1. The highest BCUT2D eigenvalue weighted by Gasteiger charge is 1.99. The fourth-order valence-electron chi connectivity index (χ4n) is 0.791. The monoisotopic (exact) mass is 272 g/mol. The van der Waals surface area contributed by atoms with Crippen LogP contribution >= 0.6 is 40.7 Å². The lowest BCUT2D eigenvalue weighted by molar-refractivity contribution is 1.07. The molecule has 0 amide bonds. The minimum absolute atomic E-state index is 0. The van der Waals surface area contributed by atoms with Crippen LogP contribution in [0.25, 0.3) is 0 Å². The lowest BCUT2D eigenvalue weighted by Crippen LogP contribution is -2.01. The van der Waals surface area contributed by atoms with Crippen LogP contribution in [0.15, 0.2) is 22.7 Å². The van der Waals surface area contributed by atoms with Crippen molar-refractivity contribution in [3.63, 3.8) is 0 Å². The van der Waals surface area contributed by atoms with Crippen molar-refractivity contribution in [3.05, 3.63) is 28.2 Å². The first-order valence-corrected chi connectivity index (χ1v) is 3.78. The van der Waals surface area contributed by atoms with E-state index in [1.54, 1.807) is 0 Å². The van der Waals surface area contributed by atoms with Crippen LogP contribution < -0.4 is 11.5 Å². The largest absolute Gasteiger partial charge is 0.398 e. The summed E-state index contributed by atoms with van der Waals surface area (Å²) in [4.78, 5) is 0. The lowest BCUT2D eigenvalue weighted by atomic mass is 10.2. The zero-order chi connectivity index (χ0) is 7.56. The van der Waals surface area contributed by atoms with Gasteiger partial charge in [0.05, 0.1) is 0 Å². The number of nitrogens with two attached hydrogens (primary N) is 2. The topological polar surface area (TPSA) is 52.0 Å². The summed E-state index contributed by atoms with van der Waals surface area (Å²) in [6, 6.07) is 5.66. The zero-order valence-electron chi connectivity index (χ0n) is 6.29. The predicted molar refractivity (Wildman–Crippen MR) is 60.9 cm³/mol. The van der Waals surface area contributed by atoms with Crippen LogP contribution in [0.3, 0.4) is 0 Å². The molecule has 0 aliphatic rings. The van der Waals surface area contributed by atoms with Crippen molar-refractivity contribution in [2.45, 2.75) is 6.54 Å². The smallest absolute Gasteiger partial charge is 0.0370 e. The van der Waals surface area contributed by atoms with Gasteiger partial charge in [-0.2, -0.15) is 0 Å². The molecule has 0 saturated heterocycles. The molecule has 0 unspecified atom stereocenters. The molecule has 0 radical (unpaired) electrons. The molecule has 0 saturated carbocycles. The fraction of sp³-hybridized carbons (Fsp3) is 0.143. The molecule has 0 bridgehead atoms. The summed E-state index contributed by atoms with van der Waals surface area (Å²) in [7, 11) is 0. The van der Waals surface area contributed by atoms with Crippen molar-refractivity contribution in [2.24, 2.45) is 5.73 Å². The molecule has 0 aliphatic heterocycles. The molecule has 2 nitrogen and oxygen atoms in total. The summed E-state index contributed by atoms with van der Waals surface area (Å²) in [5, 5.41) is 0. The third-order valence-electron chi connectivity index (χ3n) is 1.36. The second-order valence-corrected chi connectivity index (χ2v) is 2.87. The molecular weight excluding hydrogens is 263 g/mol. The SMILES string of the molecule is Cl.Cl.NCc1c(N)cccc1Br. The van der Waals surface area contributed by atoms with Crippen LogP contribution in [0.1, 0.15) is 5.56 Å². The van der Waals surface area contributed by atoms with E-state index in [0.29, 0.717) is 6.54 Å². The highest BCUT2D eigenvalue weighted by molar-refractivity contribution is 9.10. The molecule has 0 aromatic heterocycles. The second kappa shape index (κ2) is 6.54. The van der Waals surface area contributed by atoms with Crippen LogP contribution in [-0.2, 0) is 6.54 Å². The van der Waals surface area contributed by atoms with Crippen LogP contribution in [0, 0.1) is 0 Å². The van der Waals surface area contributed by atoms with E-state index in [-0.39, 0.29) is 24.8 Å². The molecule has 0 heterocycles. The minimum Gasteiger partial charge on any atom is -0.398 e. The van der Waals surface area contributed by atoms with E-state index in [2.05, 4.69) is 15.9 Å². The maximum absolute atomic E-state index is 5.62. The fourth-order valence-corrected chi connectivity index (χ4v) is 1.33. The maximum atomic E-state index is 5.62. The highest BCUT2D eigenvalue weighted by Crippen LogP contribution is 2.21. The number of nitrogen functional groups attached to an aromatic ring is 1. The first-order chi connectivity index (χ1) is 4.75. The van der Waals surface area contributed by atoms with E-state index in [4.69, 9.17) is 11.5 Å². The molecule has 12 heavy (non-hydrogen) atoms. The Labute approximate surface area is 92.6 Å². The molecule has 4 N–H and O–H groups in total. The van der Waals surface area contributed by atoms with E-state index in [1.165, 1.54) is 0 Å². The van der Waals surface area contributed by atoms with Gasteiger partial charge in [0.25, 0.3) is 0 Å². The van der Waals surface area contributed by atoms with Crippen molar-refractivity contribution in [1.82, 2.24) is 0 Å². The van der Waals surface area contributed by atoms with Crippen LogP contribution in [0.5, 0.6) is 0 Å². The molecule has 1 aromatic carbocycles. The van der Waals surface area contributed by atoms with E-state index in [1.807, 2.05) is 18.2 Å². The van der Waals surface area contributed by atoms with E-state index in [9.17, 15) is 0 Å². The average Bonchev–Trinajstić information content (AvgIpc) is 1.88. The van der Waals surface area contributed by atoms with Crippen molar-refractivity contribution in [2.75, 3.05) is 5.73 Å². The van der Waals surface area contributed by atoms with Crippen LogP contribution in [0.4, 0.5) is 5.69 Å². The Hall–Kier alpha value is 0.0400. The Morgan fingerprint density at radius 2 is 1.83 bits per heavy atom. The molecule has 70 valence electrons. The van der Waals surface area contributed by atoms with Gasteiger partial charge in [-0.15, -0.1) is 24.8 Å². The standard InChI is InChI=1S/C7H9BrN2.2ClH/c8-6-2-1-3-7(10)5(6)4-9;;/h1-3H,4,9-10H2;2*1H. The average molecular weight is 274 g/mol. The molecular formula is C7H11BrCl2N2. The molecule has 1 rings (SSSR count). The van der Waals surface area contributed by atoms with Gasteiger partial charge in [-0.3, -0.25) is 0 Å². The molecule has 0 aliphatic carbocycles. The van der Waals surface area contributed by atoms with Crippen molar-refractivity contribution >= 4 is 46.4 Å². The summed E-state index contributed by atoms with van der Waals surface area (Å²) in [6.07, 6.45) is 0. The van der Waals surface area contributed by atoms with Gasteiger partial charge in [0.15, 0.2) is 0 Å². The summed E-state index contributed by atoms with van der Waals surface area (Å²) >= 11 is 3.35. The van der Waals surface area contributed by atoms with Gasteiger partial charge in [-0.05, 0) is 12.1 Å². The normalized spacial score (nSPS) is 8.17. The van der Waals surface area contributed by atoms with Gasteiger partial charge in [0.2, 0.25) is 0 Å². The Morgan fingerprint density at radius 3 is 2.17 bits per heavy atom. The number of anilines is 1. The second-order valence-electron chi connectivity index (χ2n) is 2.01. The van der Waals surface area contributed by atoms with E-state index >= 15 is 0 Å². The molecule has 1 aromatic rings.